The van der Waals surface area contributed by atoms with E-state index in [0.717, 1.165) is 30.4 Å². The van der Waals surface area contributed by atoms with E-state index in [0.29, 0.717) is 10.0 Å². The lowest BCUT2D eigenvalue weighted by Gasteiger charge is -2.23. The van der Waals surface area contributed by atoms with E-state index in [4.69, 9.17) is 23.2 Å². The summed E-state index contributed by atoms with van der Waals surface area (Å²) in [6.07, 6.45) is 2.39. The molecule has 0 saturated carbocycles. The van der Waals surface area contributed by atoms with Crippen molar-refractivity contribution in [2.24, 2.45) is 11.8 Å². The Balaban J connectivity index is 1.93. The normalized spacial score (nSPS) is 21.1. The van der Waals surface area contributed by atoms with E-state index in [1.807, 2.05) is 19.2 Å². The fourth-order valence-electron chi connectivity index (χ4n) is 3.17. The molecule has 0 bridgehead atoms. The van der Waals surface area contributed by atoms with Crippen LogP contribution in [-0.4, -0.2) is 31.6 Å². The predicted octanol–water partition coefficient (Wildman–Crippen LogP) is 4.62. The largest absolute Gasteiger partial charge is 0.313 e. The molecule has 118 valence electrons. The van der Waals surface area contributed by atoms with Crippen LogP contribution in [0.3, 0.4) is 0 Å². The van der Waals surface area contributed by atoms with Crippen molar-refractivity contribution in [2.75, 3.05) is 26.7 Å². The smallest absolute Gasteiger partial charge is 0.0640 e. The fourth-order valence-corrected chi connectivity index (χ4v) is 3.61. The third kappa shape index (κ3) is 4.35. The van der Waals surface area contributed by atoms with Crippen molar-refractivity contribution in [3.05, 3.63) is 33.8 Å². The minimum atomic E-state index is 0.259. The van der Waals surface area contributed by atoms with Gasteiger partial charge in [-0.25, -0.2) is 0 Å². The highest BCUT2D eigenvalue weighted by atomic mass is 35.5. The Hall–Kier alpha value is -0.280. The molecule has 2 nitrogen and oxygen atoms in total. The molecular weight excluding hydrogens is 303 g/mol. The molecule has 0 aliphatic carbocycles. The first-order valence-electron chi connectivity index (χ1n) is 7.86. The summed E-state index contributed by atoms with van der Waals surface area (Å²) in [6, 6.07) is 6.14. The molecule has 1 fully saturated rings. The maximum absolute atomic E-state index is 6.34. The molecule has 1 saturated heterocycles. The average Bonchev–Trinajstić information content (AvgIpc) is 2.93. The molecule has 0 spiro atoms. The van der Waals surface area contributed by atoms with Crippen LogP contribution in [0, 0.1) is 11.8 Å². The number of halogens is 2. The van der Waals surface area contributed by atoms with Gasteiger partial charge in [0.25, 0.3) is 0 Å². The molecule has 1 N–H and O–H groups in total. The van der Waals surface area contributed by atoms with E-state index in [1.165, 1.54) is 19.5 Å². The van der Waals surface area contributed by atoms with E-state index in [9.17, 15) is 0 Å². The summed E-state index contributed by atoms with van der Waals surface area (Å²) in [5.74, 6) is 1.64. The highest BCUT2D eigenvalue weighted by molar-refractivity contribution is 6.42. The summed E-state index contributed by atoms with van der Waals surface area (Å²) in [4.78, 5) is 2.58. The lowest BCUT2D eigenvalue weighted by Crippen LogP contribution is -2.27. The van der Waals surface area contributed by atoms with Gasteiger partial charge in [0.1, 0.15) is 0 Å². The zero-order valence-electron chi connectivity index (χ0n) is 13.2. The third-order valence-corrected chi connectivity index (χ3v) is 5.52. The SMILES string of the molecule is CNC(CCN1CCC(C(C)C)C1)c1cccc(Cl)c1Cl. The van der Waals surface area contributed by atoms with Crippen LogP contribution in [0.2, 0.25) is 10.0 Å². The molecule has 0 aromatic heterocycles. The van der Waals surface area contributed by atoms with Crippen LogP contribution in [-0.2, 0) is 0 Å². The number of nitrogens with zero attached hydrogens (tertiary/aromatic N) is 1. The van der Waals surface area contributed by atoms with Crippen molar-refractivity contribution < 1.29 is 0 Å². The highest BCUT2D eigenvalue weighted by Gasteiger charge is 2.25. The molecule has 0 amide bonds. The minimum Gasteiger partial charge on any atom is -0.313 e. The molecule has 0 radical (unpaired) electrons. The maximum atomic E-state index is 6.34. The van der Waals surface area contributed by atoms with E-state index >= 15 is 0 Å². The van der Waals surface area contributed by atoms with E-state index < -0.39 is 0 Å². The Morgan fingerprint density at radius 1 is 1.33 bits per heavy atom. The van der Waals surface area contributed by atoms with Crippen molar-refractivity contribution in [2.45, 2.75) is 32.7 Å². The summed E-state index contributed by atoms with van der Waals surface area (Å²) in [7, 11) is 1.99. The van der Waals surface area contributed by atoms with Crippen LogP contribution >= 0.6 is 23.2 Å². The number of hydrogen-bond donors (Lipinski definition) is 1. The van der Waals surface area contributed by atoms with Gasteiger partial charge in [0.05, 0.1) is 10.0 Å². The first kappa shape index (κ1) is 17.1. The Morgan fingerprint density at radius 3 is 2.71 bits per heavy atom. The van der Waals surface area contributed by atoms with Crippen LogP contribution in [0.1, 0.15) is 38.3 Å². The molecule has 4 heteroatoms. The van der Waals surface area contributed by atoms with Crippen molar-refractivity contribution in [3.63, 3.8) is 0 Å². The molecule has 1 aromatic carbocycles. The Kier molecular flexibility index (Phi) is 6.36. The Labute approximate surface area is 138 Å². The molecular formula is C17H26Cl2N2. The monoisotopic (exact) mass is 328 g/mol. The highest BCUT2D eigenvalue weighted by Crippen LogP contribution is 2.32. The van der Waals surface area contributed by atoms with Crippen LogP contribution in [0.25, 0.3) is 0 Å². The minimum absolute atomic E-state index is 0.259. The van der Waals surface area contributed by atoms with Crippen molar-refractivity contribution in [1.82, 2.24) is 10.2 Å². The predicted molar refractivity (Wildman–Crippen MR) is 92.3 cm³/mol. The lowest BCUT2D eigenvalue weighted by atomic mass is 9.95. The maximum Gasteiger partial charge on any atom is 0.0640 e. The van der Waals surface area contributed by atoms with E-state index in [1.54, 1.807) is 0 Å². The number of nitrogens with one attached hydrogen (secondary N) is 1. The molecule has 1 heterocycles. The summed E-state index contributed by atoms with van der Waals surface area (Å²) in [5.41, 5.74) is 1.10. The van der Waals surface area contributed by atoms with Gasteiger partial charge in [-0.3, -0.25) is 0 Å². The number of benzene rings is 1. The number of likely N-dealkylation sites (tertiary alicyclic amines) is 1. The molecule has 2 atom stereocenters. The quantitative estimate of drug-likeness (QED) is 0.819. The summed E-state index contributed by atoms with van der Waals surface area (Å²) in [5, 5.41) is 4.69. The van der Waals surface area contributed by atoms with E-state index in [-0.39, 0.29) is 6.04 Å². The average molecular weight is 329 g/mol. The second kappa shape index (κ2) is 7.82. The molecule has 1 aliphatic heterocycles. The number of hydrogen-bond acceptors (Lipinski definition) is 2. The van der Waals surface area contributed by atoms with Crippen molar-refractivity contribution in [1.29, 1.82) is 0 Å². The lowest BCUT2D eigenvalue weighted by molar-refractivity contribution is 0.287. The van der Waals surface area contributed by atoms with E-state index in [2.05, 4.69) is 30.1 Å². The van der Waals surface area contributed by atoms with Gasteiger partial charge in [0.2, 0.25) is 0 Å². The molecule has 1 aliphatic rings. The summed E-state index contributed by atoms with van der Waals surface area (Å²) in [6.45, 7) is 8.23. The Bertz CT molecular complexity index is 462. The van der Waals surface area contributed by atoms with Crippen molar-refractivity contribution in [3.8, 4) is 0 Å². The standard InChI is InChI=1S/C17H26Cl2N2/c1-12(2)13-7-9-21(11-13)10-8-16(20-3)14-5-4-6-15(18)17(14)19/h4-6,12-13,16,20H,7-11H2,1-3H3. The van der Waals surface area contributed by atoms with Crippen LogP contribution < -0.4 is 5.32 Å². The summed E-state index contributed by atoms with van der Waals surface area (Å²) >= 11 is 12.5. The molecule has 2 unspecified atom stereocenters. The van der Waals surface area contributed by atoms with Crippen LogP contribution in [0.4, 0.5) is 0 Å². The third-order valence-electron chi connectivity index (χ3n) is 4.69. The first-order chi connectivity index (χ1) is 10.0. The van der Waals surface area contributed by atoms with Gasteiger partial charge in [-0.2, -0.15) is 0 Å². The zero-order valence-corrected chi connectivity index (χ0v) is 14.7. The van der Waals surface area contributed by atoms with Crippen LogP contribution in [0.15, 0.2) is 18.2 Å². The molecule has 1 aromatic rings. The second-order valence-electron chi connectivity index (χ2n) is 6.37. The van der Waals surface area contributed by atoms with Crippen LogP contribution in [0.5, 0.6) is 0 Å². The van der Waals surface area contributed by atoms with Gasteiger partial charge < -0.3 is 10.2 Å². The van der Waals surface area contributed by atoms with Gasteiger partial charge in [-0.15, -0.1) is 0 Å². The zero-order chi connectivity index (χ0) is 15.4. The second-order valence-corrected chi connectivity index (χ2v) is 7.15. The van der Waals surface area contributed by atoms with Gasteiger partial charge in [0.15, 0.2) is 0 Å². The van der Waals surface area contributed by atoms with Crippen molar-refractivity contribution >= 4 is 23.2 Å². The fraction of sp³-hybridized carbons (Fsp3) is 0.647. The number of rotatable bonds is 6. The topological polar surface area (TPSA) is 15.3 Å². The molecule has 2 rings (SSSR count). The van der Waals surface area contributed by atoms with Gasteiger partial charge in [-0.05, 0) is 56.4 Å². The first-order valence-corrected chi connectivity index (χ1v) is 8.62. The Morgan fingerprint density at radius 2 is 2.10 bits per heavy atom. The molecule has 21 heavy (non-hydrogen) atoms. The van der Waals surface area contributed by atoms with Gasteiger partial charge >= 0.3 is 0 Å². The summed E-state index contributed by atoms with van der Waals surface area (Å²) < 4.78 is 0. The van der Waals surface area contributed by atoms with Gasteiger partial charge in [-0.1, -0.05) is 49.2 Å². The van der Waals surface area contributed by atoms with Gasteiger partial charge in [0, 0.05) is 12.6 Å².